The molecule has 1 aliphatic rings. The minimum Gasteiger partial charge on any atom is -0.322 e. The Morgan fingerprint density at radius 3 is 2.57 bits per heavy atom. The molecule has 114 valence electrons. The Labute approximate surface area is 135 Å². The molecule has 0 aliphatic carbocycles. The van der Waals surface area contributed by atoms with Crippen LogP contribution in [0.4, 0.5) is 0 Å². The summed E-state index contributed by atoms with van der Waals surface area (Å²) in [5.74, 6) is 0.168. The van der Waals surface area contributed by atoms with E-state index in [1.165, 1.54) is 5.56 Å². The van der Waals surface area contributed by atoms with E-state index in [1.807, 2.05) is 12.1 Å². The maximum Gasteiger partial charge on any atom is 0.159 e. The van der Waals surface area contributed by atoms with Crippen molar-refractivity contribution in [3.8, 4) is 0 Å². The third-order valence-electron chi connectivity index (χ3n) is 3.91. The highest BCUT2D eigenvalue weighted by atomic mass is 79.9. The predicted molar refractivity (Wildman–Crippen MR) is 89.8 cm³/mol. The number of carbonyl (C=O) groups excluding carboxylic acids is 1. The van der Waals surface area contributed by atoms with E-state index in [4.69, 9.17) is 0 Å². The average molecular weight is 351 g/mol. The first-order valence-electron chi connectivity index (χ1n) is 7.54. The van der Waals surface area contributed by atoms with Crippen molar-refractivity contribution in [1.29, 1.82) is 0 Å². The number of hydrogen-bond acceptors (Lipinski definition) is 3. The van der Waals surface area contributed by atoms with Crippen molar-refractivity contribution in [2.75, 3.05) is 6.54 Å². The number of benzene rings is 1. The van der Waals surface area contributed by atoms with Gasteiger partial charge < -0.3 is 5.43 Å². The molecule has 2 rings (SSSR count). The first kappa shape index (κ1) is 16.2. The van der Waals surface area contributed by atoms with E-state index >= 15 is 0 Å². The maximum absolute atomic E-state index is 12.0. The van der Waals surface area contributed by atoms with Crippen LogP contribution in [-0.4, -0.2) is 23.4 Å². The lowest BCUT2D eigenvalue weighted by molar-refractivity contribution is -0.114. The Bertz CT molecular complexity index is 536. The quantitative estimate of drug-likeness (QED) is 0.845. The van der Waals surface area contributed by atoms with Gasteiger partial charge in [0, 0.05) is 28.7 Å². The van der Waals surface area contributed by atoms with Gasteiger partial charge in [0.25, 0.3) is 0 Å². The molecule has 1 atom stereocenters. The van der Waals surface area contributed by atoms with Gasteiger partial charge >= 0.3 is 0 Å². The molecule has 1 N–H and O–H groups in total. The van der Waals surface area contributed by atoms with Gasteiger partial charge in [0.2, 0.25) is 0 Å². The minimum absolute atomic E-state index is 0.152. The second-order valence-electron chi connectivity index (χ2n) is 5.59. The zero-order valence-electron chi connectivity index (χ0n) is 12.9. The summed E-state index contributed by atoms with van der Waals surface area (Å²) in [5, 5.41) is 2.19. The van der Waals surface area contributed by atoms with Crippen LogP contribution in [0, 0.1) is 0 Å². The van der Waals surface area contributed by atoms with Gasteiger partial charge in [-0.2, -0.15) is 0 Å². The van der Waals surface area contributed by atoms with E-state index in [0.717, 1.165) is 41.6 Å². The summed E-state index contributed by atoms with van der Waals surface area (Å²) < 4.78 is 1.07. The van der Waals surface area contributed by atoms with Gasteiger partial charge in [0.15, 0.2) is 5.78 Å². The lowest BCUT2D eigenvalue weighted by Crippen LogP contribution is -2.39. The number of hydrazine groups is 1. The summed E-state index contributed by atoms with van der Waals surface area (Å²) in [6.07, 6.45) is 3.06. The van der Waals surface area contributed by atoms with Crippen LogP contribution >= 0.6 is 15.9 Å². The average Bonchev–Trinajstić information content (AvgIpc) is 2.75. The molecule has 0 saturated carbocycles. The number of carbonyl (C=O) groups is 1. The number of halogens is 1. The van der Waals surface area contributed by atoms with Gasteiger partial charge in [-0.15, -0.1) is 0 Å². The zero-order valence-corrected chi connectivity index (χ0v) is 14.5. The molecule has 1 aromatic carbocycles. The third kappa shape index (κ3) is 3.95. The minimum atomic E-state index is 0.152. The number of unbranched alkanes of at least 4 members (excludes halogenated alkanes) is 1. The number of ketones is 1. The van der Waals surface area contributed by atoms with Crippen molar-refractivity contribution in [1.82, 2.24) is 10.4 Å². The smallest absolute Gasteiger partial charge is 0.159 e. The van der Waals surface area contributed by atoms with Crippen molar-refractivity contribution in [3.05, 3.63) is 45.6 Å². The summed E-state index contributed by atoms with van der Waals surface area (Å²) in [5.41, 5.74) is 6.64. The number of nitrogens with one attached hydrogen (secondary N) is 1. The van der Waals surface area contributed by atoms with E-state index in [0.29, 0.717) is 0 Å². The molecule has 0 aromatic heterocycles. The van der Waals surface area contributed by atoms with E-state index in [2.05, 4.69) is 52.3 Å². The van der Waals surface area contributed by atoms with Crippen LogP contribution in [0.15, 0.2) is 40.0 Å². The normalized spacial score (nSPS) is 19.0. The standard InChI is InChI=1S/C17H23BrN2O/c1-4-5-10-20-12(2)17(13(3)21)16(19-20)11-14-6-8-15(18)9-7-14/h6-9,12,19H,4-5,10-11H2,1-3H3. The van der Waals surface area contributed by atoms with Crippen LogP contribution in [0.1, 0.15) is 39.2 Å². The fraction of sp³-hybridized carbons (Fsp3) is 0.471. The van der Waals surface area contributed by atoms with Gasteiger partial charge in [-0.05, 0) is 38.0 Å². The van der Waals surface area contributed by atoms with Gasteiger partial charge in [-0.3, -0.25) is 4.79 Å². The molecule has 21 heavy (non-hydrogen) atoms. The highest BCUT2D eigenvalue weighted by Gasteiger charge is 2.31. The van der Waals surface area contributed by atoms with E-state index in [1.54, 1.807) is 6.92 Å². The van der Waals surface area contributed by atoms with E-state index in [9.17, 15) is 4.79 Å². The molecule has 1 aliphatic heterocycles. The highest BCUT2D eigenvalue weighted by molar-refractivity contribution is 9.10. The van der Waals surface area contributed by atoms with E-state index < -0.39 is 0 Å². The van der Waals surface area contributed by atoms with E-state index in [-0.39, 0.29) is 11.8 Å². The number of hydrogen-bond donors (Lipinski definition) is 1. The van der Waals surface area contributed by atoms with Crippen molar-refractivity contribution in [2.24, 2.45) is 0 Å². The molecule has 0 bridgehead atoms. The van der Waals surface area contributed by atoms with Crippen molar-refractivity contribution < 1.29 is 4.79 Å². The molecule has 4 heteroatoms. The molecule has 0 saturated heterocycles. The summed E-state index contributed by atoms with van der Waals surface area (Å²) in [6.45, 7) is 6.92. The molecule has 1 aromatic rings. The number of nitrogens with zero attached hydrogens (tertiary/aromatic N) is 1. The molecular weight excluding hydrogens is 328 g/mol. The van der Waals surface area contributed by atoms with Crippen LogP contribution in [-0.2, 0) is 11.2 Å². The third-order valence-corrected chi connectivity index (χ3v) is 4.44. The van der Waals surface area contributed by atoms with Crippen LogP contribution < -0.4 is 5.43 Å². The molecule has 0 amide bonds. The van der Waals surface area contributed by atoms with Gasteiger partial charge in [-0.1, -0.05) is 41.4 Å². The summed E-state index contributed by atoms with van der Waals surface area (Å²) in [6, 6.07) is 8.42. The summed E-state index contributed by atoms with van der Waals surface area (Å²) in [7, 11) is 0. The maximum atomic E-state index is 12.0. The number of rotatable bonds is 6. The number of allylic oxidation sites excluding steroid dienone is 1. The largest absolute Gasteiger partial charge is 0.322 e. The summed E-state index contributed by atoms with van der Waals surface area (Å²) in [4.78, 5) is 12.0. The zero-order chi connectivity index (χ0) is 15.4. The monoisotopic (exact) mass is 350 g/mol. The SMILES string of the molecule is CCCCN1NC(Cc2ccc(Br)cc2)=C(C(C)=O)C1C. The molecule has 0 spiro atoms. The first-order valence-corrected chi connectivity index (χ1v) is 8.34. The fourth-order valence-electron chi connectivity index (χ4n) is 2.76. The van der Waals surface area contributed by atoms with Crippen LogP contribution in [0.2, 0.25) is 0 Å². The Morgan fingerprint density at radius 2 is 2.00 bits per heavy atom. The lowest BCUT2D eigenvalue weighted by atomic mass is 10.00. The first-order chi connectivity index (χ1) is 10.0. The Hall–Kier alpha value is -1.13. The van der Waals surface area contributed by atoms with Crippen molar-refractivity contribution in [3.63, 3.8) is 0 Å². The van der Waals surface area contributed by atoms with Crippen molar-refractivity contribution in [2.45, 2.75) is 46.1 Å². The predicted octanol–water partition coefficient (Wildman–Crippen LogP) is 3.84. The van der Waals surface area contributed by atoms with Gasteiger partial charge in [-0.25, -0.2) is 5.01 Å². The van der Waals surface area contributed by atoms with Crippen molar-refractivity contribution >= 4 is 21.7 Å². The Morgan fingerprint density at radius 1 is 1.33 bits per heavy atom. The second-order valence-corrected chi connectivity index (χ2v) is 6.50. The molecule has 3 nitrogen and oxygen atoms in total. The Balaban J connectivity index is 2.17. The second kappa shape index (κ2) is 7.23. The van der Waals surface area contributed by atoms with Gasteiger partial charge in [0.05, 0.1) is 6.04 Å². The number of Topliss-reactive ketones (excluding diaryl/α,β-unsaturated/α-hetero) is 1. The molecular formula is C17H23BrN2O. The summed E-state index contributed by atoms with van der Waals surface area (Å²) >= 11 is 3.45. The van der Waals surface area contributed by atoms with Crippen LogP contribution in [0.25, 0.3) is 0 Å². The topological polar surface area (TPSA) is 32.3 Å². The molecule has 1 unspecified atom stereocenters. The Kier molecular flexibility index (Phi) is 5.59. The molecule has 1 heterocycles. The lowest BCUT2D eigenvalue weighted by Gasteiger charge is -2.22. The van der Waals surface area contributed by atoms with Crippen LogP contribution in [0.3, 0.4) is 0 Å². The van der Waals surface area contributed by atoms with Gasteiger partial charge in [0.1, 0.15) is 0 Å². The van der Waals surface area contributed by atoms with Crippen LogP contribution in [0.5, 0.6) is 0 Å². The molecule has 0 radical (unpaired) electrons. The molecule has 0 fully saturated rings. The fourth-order valence-corrected chi connectivity index (χ4v) is 3.03. The highest BCUT2D eigenvalue weighted by Crippen LogP contribution is 2.25.